The molecule has 2 aromatic rings. The van der Waals surface area contributed by atoms with Gasteiger partial charge in [-0.15, -0.1) is 0 Å². The second kappa shape index (κ2) is 5.97. The Morgan fingerprint density at radius 2 is 2.21 bits per heavy atom. The molecule has 1 N–H and O–H groups in total. The number of benzene rings is 1. The van der Waals surface area contributed by atoms with Crippen LogP contribution in [0.15, 0.2) is 30.7 Å². The molecule has 2 rings (SSSR count). The second-order valence-corrected chi connectivity index (χ2v) is 4.81. The third-order valence-electron chi connectivity index (χ3n) is 3.40. The van der Waals surface area contributed by atoms with Crippen molar-refractivity contribution in [1.82, 2.24) is 14.9 Å². The lowest BCUT2D eigenvalue weighted by atomic mass is 9.99. The standard InChI is InChI=1S/C15H20FN3/c1-4-18-14(15-9-17-10-19(15)3)8-12-7-13(16)6-5-11(12)2/h5-7,9-10,14,18H,4,8H2,1-3H3. The lowest BCUT2D eigenvalue weighted by molar-refractivity contribution is 0.517. The zero-order valence-corrected chi connectivity index (χ0v) is 11.7. The summed E-state index contributed by atoms with van der Waals surface area (Å²) < 4.78 is 15.4. The molecule has 1 aromatic carbocycles. The number of aryl methyl sites for hydroxylation is 2. The molecule has 0 fully saturated rings. The van der Waals surface area contributed by atoms with E-state index in [1.165, 1.54) is 6.07 Å². The minimum absolute atomic E-state index is 0.151. The van der Waals surface area contributed by atoms with Gasteiger partial charge in [0, 0.05) is 13.2 Å². The minimum Gasteiger partial charge on any atom is -0.336 e. The average molecular weight is 261 g/mol. The summed E-state index contributed by atoms with van der Waals surface area (Å²) in [6, 6.07) is 5.11. The Morgan fingerprint density at radius 1 is 1.42 bits per heavy atom. The SMILES string of the molecule is CCNC(Cc1cc(F)ccc1C)c1cncn1C. The van der Waals surface area contributed by atoms with Gasteiger partial charge in [0.05, 0.1) is 18.1 Å². The van der Waals surface area contributed by atoms with Crippen molar-refractivity contribution in [1.29, 1.82) is 0 Å². The third kappa shape index (κ3) is 3.20. The fourth-order valence-corrected chi connectivity index (χ4v) is 2.31. The topological polar surface area (TPSA) is 29.9 Å². The smallest absolute Gasteiger partial charge is 0.123 e. The van der Waals surface area contributed by atoms with Gasteiger partial charge in [0.1, 0.15) is 5.82 Å². The number of nitrogens with one attached hydrogen (secondary N) is 1. The number of hydrogen-bond acceptors (Lipinski definition) is 2. The molecule has 0 saturated carbocycles. The molecule has 0 aliphatic rings. The number of halogens is 1. The van der Waals surface area contributed by atoms with Gasteiger partial charge >= 0.3 is 0 Å². The van der Waals surface area contributed by atoms with Gasteiger partial charge in [-0.3, -0.25) is 0 Å². The van der Waals surface area contributed by atoms with Crippen molar-refractivity contribution in [3.63, 3.8) is 0 Å². The first kappa shape index (κ1) is 13.7. The third-order valence-corrected chi connectivity index (χ3v) is 3.40. The van der Waals surface area contributed by atoms with Gasteiger partial charge in [-0.25, -0.2) is 9.37 Å². The maximum Gasteiger partial charge on any atom is 0.123 e. The lowest BCUT2D eigenvalue weighted by Crippen LogP contribution is -2.25. The van der Waals surface area contributed by atoms with Gasteiger partial charge in [-0.05, 0) is 43.1 Å². The van der Waals surface area contributed by atoms with Gasteiger partial charge < -0.3 is 9.88 Å². The summed E-state index contributed by atoms with van der Waals surface area (Å²) >= 11 is 0. The molecule has 0 aliphatic carbocycles. The van der Waals surface area contributed by atoms with Crippen molar-refractivity contribution in [3.8, 4) is 0 Å². The quantitative estimate of drug-likeness (QED) is 0.897. The van der Waals surface area contributed by atoms with Gasteiger partial charge in [-0.2, -0.15) is 0 Å². The van der Waals surface area contributed by atoms with E-state index in [9.17, 15) is 4.39 Å². The molecule has 1 unspecified atom stereocenters. The van der Waals surface area contributed by atoms with E-state index in [-0.39, 0.29) is 11.9 Å². The van der Waals surface area contributed by atoms with E-state index in [1.807, 2.05) is 30.8 Å². The molecule has 102 valence electrons. The lowest BCUT2D eigenvalue weighted by Gasteiger charge is -2.19. The minimum atomic E-state index is -0.180. The van der Waals surface area contributed by atoms with E-state index < -0.39 is 0 Å². The molecule has 0 amide bonds. The number of nitrogens with zero attached hydrogens (tertiary/aromatic N) is 2. The molecule has 0 bridgehead atoms. The normalized spacial score (nSPS) is 12.6. The molecule has 4 heteroatoms. The van der Waals surface area contributed by atoms with Crippen LogP contribution in [0.3, 0.4) is 0 Å². The molecule has 3 nitrogen and oxygen atoms in total. The Balaban J connectivity index is 2.26. The van der Waals surface area contributed by atoms with Gasteiger partial charge in [0.2, 0.25) is 0 Å². The van der Waals surface area contributed by atoms with Gasteiger partial charge in [0.25, 0.3) is 0 Å². The van der Waals surface area contributed by atoms with Gasteiger partial charge in [-0.1, -0.05) is 13.0 Å². The Labute approximate surface area is 113 Å². The first-order valence-electron chi connectivity index (χ1n) is 6.56. The molecular formula is C15H20FN3. The van der Waals surface area contributed by atoms with Crippen LogP contribution in [0.25, 0.3) is 0 Å². The van der Waals surface area contributed by atoms with E-state index in [1.54, 1.807) is 12.4 Å². The molecule has 0 spiro atoms. The van der Waals surface area contributed by atoms with Crippen LogP contribution >= 0.6 is 0 Å². The highest BCUT2D eigenvalue weighted by molar-refractivity contribution is 5.28. The number of aromatic nitrogens is 2. The zero-order valence-electron chi connectivity index (χ0n) is 11.7. The highest BCUT2D eigenvalue weighted by Gasteiger charge is 2.15. The monoisotopic (exact) mass is 261 g/mol. The highest BCUT2D eigenvalue weighted by atomic mass is 19.1. The van der Waals surface area contributed by atoms with Crippen LogP contribution in [0, 0.1) is 12.7 Å². The Kier molecular flexibility index (Phi) is 4.32. The fourth-order valence-electron chi connectivity index (χ4n) is 2.31. The van der Waals surface area contributed by atoms with Crippen molar-refractivity contribution >= 4 is 0 Å². The molecule has 1 aromatic heterocycles. The summed E-state index contributed by atoms with van der Waals surface area (Å²) in [7, 11) is 1.98. The summed E-state index contributed by atoms with van der Waals surface area (Å²) in [6.07, 6.45) is 4.41. The average Bonchev–Trinajstić information content (AvgIpc) is 2.79. The summed E-state index contributed by atoms with van der Waals surface area (Å²) in [4.78, 5) is 4.16. The Morgan fingerprint density at radius 3 is 2.84 bits per heavy atom. The molecule has 0 saturated heterocycles. The highest BCUT2D eigenvalue weighted by Crippen LogP contribution is 2.20. The number of likely N-dealkylation sites (N-methyl/N-ethyl adjacent to an activating group) is 1. The van der Waals surface area contributed by atoms with E-state index in [0.717, 1.165) is 29.8 Å². The van der Waals surface area contributed by atoms with Crippen LogP contribution in [0.2, 0.25) is 0 Å². The summed E-state index contributed by atoms with van der Waals surface area (Å²) in [5.74, 6) is -0.180. The van der Waals surface area contributed by atoms with E-state index >= 15 is 0 Å². The Bertz CT molecular complexity index is 548. The molecule has 0 aliphatic heterocycles. The van der Waals surface area contributed by atoms with E-state index in [2.05, 4.69) is 17.2 Å². The van der Waals surface area contributed by atoms with Crippen LogP contribution in [0.4, 0.5) is 4.39 Å². The van der Waals surface area contributed by atoms with Crippen LogP contribution in [0.5, 0.6) is 0 Å². The summed E-state index contributed by atoms with van der Waals surface area (Å²) in [6.45, 7) is 4.95. The predicted octanol–water partition coefficient (Wildman–Crippen LogP) is 2.76. The largest absolute Gasteiger partial charge is 0.336 e. The van der Waals surface area contributed by atoms with Crippen molar-refractivity contribution in [2.24, 2.45) is 7.05 Å². The van der Waals surface area contributed by atoms with Crippen molar-refractivity contribution in [3.05, 3.63) is 53.4 Å². The second-order valence-electron chi connectivity index (χ2n) is 4.81. The van der Waals surface area contributed by atoms with Crippen LogP contribution in [-0.4, -0.2) is 16.1 Å². The van der Waals surface area contributed by atoms with Crippen molar-refractivity contribution in [2.45, 2.75) is 26.3 Å². The summed E-state index contributed by atoms with van der Waals surface area (Å²) in [5.41, 5.74) is 3.27. The van der Waals surface area contributed by atoms with Crippen LogP contribution in [-0.2, 0) is 13.5 Å². The van der Waals surface area contributed by atoms with Gasteiger partial charge in [0.15, 0.2) is 0 Å². The predicted molar refractivity (Wildman–Crippen MR) is 74.5 cm³/mol. The van der Waals surface area contributed by atoms with Crippen molar-refractivity contribution in [2.75, 3.05) is 6.54 Å². The molecule has 0 radical (unpaired) electrons. The zero-order chi connectivity index (χ0) is 13.8. The number of rotatable bonds is 5. The first-order chi connectivity index (χ1) is 9.11. The Hall–Kier alpha value is -1.68. The molecule has 1 heterocycles. The number of hydrogen-bond donors (Lipinski definition) is 1. The van der Waals surface area contributed by atoms with Crippen molar-refractivity contribution < 1.29 is 4.39 Å². The van der Waals surface area contributed by atoms with E-state index in [4.69, 9.17) is 0 Å². The maximum atomic E-state index is 13.4. The molecular weight excluding hydrogens is 241 g/mol. The fraction of sp³-hybridized carbons (Fsp3) is 0.400. The summed E-state index contributed by atoms with van der Waals surface area (Å²) in [5, 5.41) is 3.44. The first-order valence-corrected chi connectivity index (χ1v) is 6.56. The van der Waals surface area contributed by atoms with Crippen LogP contribution < -0.4 is 5.32 Å². The van der Waals surface area contributed by atoms with Crippen LogP contribution in [0.1, 0.15) is 29.8 Å². The number of imidazole rings is 1. The molecule has 1 atom stereocenters. The maximum absolute atomic E-state index is 13.4. The van der Waals surface area contributed by atoms with E-state index in [0.29, 0.717) is 0 Å². The molecule has 19 heavy (non-hydrogen) atoms.